The smallest absolute Gasteiger partial charge is 0.338 e. The van der Waals surface area contributed by atoms with E-state index in [0.29, 0.717) is 48.0 Å². The van der Waals surface area contributed by atoms with Crippen LogP contribution in [0.3, 0.4) is 0 Å². The lowest BCUT2D eigenvalue weighted by Crippen LogP contribution is -2.49. The molecule has 1 N–H and O–H groups in total. The molecule has 0 amide bonds. The first-order valence-corrected chi connectivity index (χ1v) is 13.6. The molecule has 5 rings (SSSR count). The van der Waals surface area contributed by atoms with Gasteiger partial charge in [-0.2, -0.15) is 0 Å². The van der Waals surface area contributed by atoms with Crippen LogP contribution >= 0.6 is 15.9 Å². The molecule has 0 saturated carbocycles. The van der Waals surface area contributed by atoms with Crippen LogP contribution in [0.4, 0.5) is 18.9 Å². The summed E-state index contributed by atoms with van der Waals surface area (Å²) in [6, 6.07) is 11.5. The number of ether oxygens (including phenoxy) is 2. The third kappa shape index (κ3) is 6.08. The molecule has 0 bridgehead atoms. The van der Waals surface area contributed by atoms with Gasteiger partial charge in [-0.1, -0.05) is 34.1 Å². The number of aromatic nitrogens is 1. The second-order valence-electron chi connectivity index (χ2n) is 9.47. The number of piperazine rings is 1. The molecule has 0 aliphatic carbocycles. The minimum atomic E-state index is -0.982. The standard InChI is InChI=1S/C29H27BrF3N5O3/c1-40-24-6-4-3-5-23(24)38-11-9-37(10-12-38)16-22-25(29(39)41-2)26(19-8-7-17(31)13-20(19)30)36-28(35-22)27-21(33)14-18(32)15-34-27/h3-8,13-15,26H,9-12,16H2,1-2H3,(H,35,36). The van der Waals surface area contributed by atoms with Crippen molar-refractivity contribution >= 4 is 33.4 Å². The van der Waals surface area contributed by atoms with Crippen LogP contribution < -0.4 is 15.0 Å². The minimum absolute atomic E-state index is 0.0130. The number of amidine groups is 1. The molecule has 8 nitrogen and oxygen atoms in total. The molecule has 3 aromatic rings. The van der Waals surface area contributed by atoms with Crippen LogP contribution in [0.5, 0.6) is 5.75 Å². The van der Waals surface area contributed by atoms with Gasteiger partial charge in [-0.3, -0.25) is 9.89 Å². The van der Waals surface area contributed by atoms with Crippen LogP contribution in [0, 0.1) is 17.5 Å². The fourth-order valence-corrected chi connectivity index (χ4v) is 5.56. The monoisotopic (exact) mass is 629 g/mol. The zero-order chi connectivity index (χ0) is 29.1. The molecule has 1 aromatic heterocycles. The molecule has 1 fully saturated rings. The van der Waals surface area contributed by atoms with E-state index in [2.05, 4.69) is 41.0 Å². The Bertz CT molecular complexity index is 1530. The topological polar surface area (TPSA) is 79.3 Å². The summed E-state index contributed by atoms with van der Waals surface area (Å²) in [6.45, 7) is 2.98. The highest BCUT2D eigenvalue weighted by Crippen LogP contribution is 2.37. The Morgan fingerprint density at radius 1 is 1.05 bits per heavy atom. The lowest BCUT2D eigenvalue weighted by molar-refractivity contribution is -0.136. The average molecular weight is 630 g/mol. The van der Waals surface area contributed by atoms with Crippen molar-refractivity contribution in [1.82, 2.24) is 15.2 Å². The van der Waals surface area contributed by atoms with E-state index in [9.17, 15) is 18.0 Å². The molecule has 12 heteroatoms. The lowest BCUT2D eigenvalue weighted by atomic mass is 9.95. The Kier molecular flexibility index (Phi) is 8.60. The predicted octanol–water partition coefficient (Wildman–Crippen LogP) is 4.61. The van der Waals surface area contributed by atoms with Crippen molar-refractivity contribution in [2.45, 2.75) is 6.04 Å². The van der Waals surface area contributed by atoms with E-state index in [-0.39, 0.29) is 23.6 Å². The number of benzene rings is 2. The highest BCUT2D eigenvalue weighted by Gasteiger charge is 2.35. The Hall–Kier alpha value is -3.90. The van der Waals surface area contributed by atoms with Gasteiger partial charge >= 0.3 is 5.97 Å². The molecule has 1 unspecified atom stereocenters. The Balaban J connectivity index is 1.50. The molecule has 1 atom stereocenters. The van der Waals surface area contributed by atoms with E-state index in [1.807, 2.05) is 24.3 Å². The number of hydrogen-bond acceptors (Lipinski definition) is 8. The van der Waals surface area contributed by atoms with Gasteiger partial charge in [-0.15, -0.1) is 0 Å². The van der Waals surface area contributed by atoms with E-state index in [4.69, 9.17) is 9.47 Å². The molecule has 41 heavy (non-hydrogen) atoms. The number of methoxy groups -OCH3 is 2. The second-order valence-corrected chi connectivity index (χ2v) is 10.3. The van der Waals surface area contributed by atoms with Gasteiger partial charge in [0.2, 0.25) is 0 Å². The van der Waals surface area contributed by atoms with E-state index in [1.165, 1.54) is 25.3 Å². The third-order valence-electron chi connectivity index (χ3n) is 7.00. The summed E-state index contributed by atoms with van der Waals surface area (Å²) in [4.78, 5) is 26.1. The van der Waals surface area contributed by atoms with Crippen LogP contribution in [-0.4, -0.2) is 68.6 Å². The van der Waals surface area contributed by atoms with Gasteiger partial charge in [0.05, 0.1) is 31.7 Å². The van der Waals surface area contributed by atoms with Gasteiger partial charge in [0.25, 0.3) is 0 Å². The summed E-state index contributed by atoms with van der Waals surface area (Å²) in [5.74, 6) is -2.08. The second kappa shape index (κ2) is 12.3. The normalized spacial score (nSPS) is 17.7. The van der Waals surface area contributed by atoms with E-state index in [0.717, 1.165) is 17.6 Å². The number of anilines is 1. The summed E-state index contributed by atoms with van der Waals surface area (Å²) in [6.07, 6.45) is 0.891. The van der Waals surface area contributed by atoms with Crippen molar-refractivity contribution in [2.24, 2.45) is 4.99 Å². The summed E-state index contributed by atoms with van der Waals surface area (Å²) in [5.41, 5.74) is 1.87. The predicted molar refractivity (Wildman–Crippen MR) is 151 cm³/mol. The van der Waals surface area contributed by atoms with E-state index in [1.54, 1.807) is 7.11 Å². The van der Waals surface area contributed by atoms with Crippen LogP contribution in [0.2, 0.25) is 0 Å². The Morgan fingerprint density at radius 2 is 1.80 bits per heavy atom. The molecule has 1 saturated heterocycles. The van der Waals surface area contributed by atoms with Gasteiger partial charge in [-0.25, -0.2) is 22.9 Å². The maximum absolute atomic E-state index is 14.9. The molecule has 3 heterocycles. The highest BCUT2D eigenvalue weighted by atomic mass is 79.9. The number of rotatable bonds is 7. The van der Waals surface area contributed by atoms with Crippen LogP contribution in [0.15, 0.2) is 75.5 Å². The summed E-state index contributed by atoms with van der Waals surface area (Å²) >= 11 is 3.37. The maximum atomic E-state index is 14.9. The molecule has 2 aromatic carbocycles. The Labute approximate surface area is 243 Å². The largest absolute Gasteiger partial charge is 0.495 e. The SMILES string of the molecule is COC(=O)C1=C(CN2CCN(c3ccccc3OC)CC2)NC(c2ncc(F)cc2F)=NC1c1ccc(F)cc1Br. The number of nitrogens with one attached hydrogen (secondary N) is 1. The van der Waals surface area contributed by atoms with Crippen molar-refractivity contribution in [3.63, 3.8) is 0 Å². The molecular formula is C29H27BrF3N5O3. The first-order chi connectivity index (χ1) is 19.8. The summed E-state index contributed by atoms with van der Waals surface area (Å²) in [5, 5.41) is 3.07. The van der Waals surface area contributed by atoms with Gasteiger partial charge < -0.3 is 19.7 Å². The number of esters is 1. The lowest BCUT2D eigenvalue weighted by Gasteiger charge is -2.38. The number of carbonyl (C=O) groups is 1. The van der Waals surface area contributed by atoms with Crippen LogP contribution in [0.1, 0.15) is 17.3 Å². The first kappa shape index (κ1) is 28.6. The molecule has 214 valence electrons. The van der Waals surface area contributed by atoms with E-state index >= 15 is 0 Å². The number of pyridine rings is 1. The quantitative estimate of drug-likeness (QED) is 0.382. The number of halogens is 4. The number of aliphatic imine (C=N–C) groups is 1. The first-order valence-electron chi connectivity index (χ1n) is 12.8. The van der Waals surface area contributed by atoms with Crippen LogP contribution in [-0.2, 0) is 9.53 Å². The maximum Gasteiger partial charge on any atom is 0.338 e. The van der Waals surface area contributed by atoms with Gasteiger partial charge in [0.15, 0.2) is 11.7 Å². The van der Waals surface area contributed by atoms with Crippen molar-refractivity contribution < 1.29 is 27.4 Å². The number of hydrogen-bond donors (Lipinski definition) is 1. The van der Waals surface area contributed by atoms with Crippen LogP contribution in [0.25, 0.3) is 0 Å². The summed E-state index contributed by atoms with van der Waals surface area (Å²) < 4.78 is 53.5. The third-order valence-corrected chi connectivity index (χ3v) is 7.69. The van der Waals surface area contributed by atoms with Gasteiger partial charge in [0, 0.05) is 49.0 Å². The zero-order valence-corrected chi connectivity index (χ0v) is 23.9. The average Bonchev–Trinajstić information content (AvgIpc) is 2.97. The fraction of sp³-hybridized carbons (Fsp3) is 0.276. The number of carbonyl (C=O) groups excluding carboxylic acids is 1. The molecular weight excluding hydrogens is 603 g/mol. The summed E-state index contributed by atoms with van der Waals surface area (Å²) in [7, 11) is 2.90. The van der Waals surface area contributed by atoms with Gasteiger partial charge in [0.1, 0.15) is 29.1 Å². The highest BCUT2D eigenvalue weighted by molar-refractivity contribution is 9.10. The van der Waals surface area contributed by atoms with Crippen molar-refractivity contribution in [3.8, 4) is 5.75 Å². The zero-order valence-electron chi connectivity index (χ0n) is 22.3. The number of nitrogens with zero attached hydrogens (tertiary/aromatic N) is 4. The fourth-order valence-electron chi connectivity index (χ4n) is 4.99. The Morgan fingerprint density at radius 3 is 2.49 bits per heavy atom. The van der Waals surface area contributed by atoms with Gasteiger partial charge in [-0.05, 0) is 29.8 Å². The minimum Gasteiger partial charge on any atom is -0.495 e. The van der Waals surface area contributed by atoms with Crippen molar-refractivity contribution in [1.29, 1.82) is 0 Å². The number of para-hydroxylation sites is 2. The molecule has 0 spiro atoms. The molecule has 2 aliphatic heterocycles. The van der Waals surface area contributed by atoms with Crippen molar-refractivity contribution in [2.75, 3.05) is 51.8 Å². The van der Waals surface area contributed by atoms with E-state index < -0.39 is 29.5 Å². The molecule has 2 aliphatic rings. The molecule has 0 radical (unpaired) electrons. The van der Waals surface area contributed by atoms with Crippen molar-refractivity contribution in [3.05, 3.63) is 99.2 Å².